The maximum absolute atomic E-state index is 13.2. The third-order valence-electron chi connectivity index (χ3n) is 10.3. The lowest BCUT2D eigenvalue weighted by molar-refractivity contribution is -0.143. The van der Waals surface area contributed by atoms with Crippen molar-refractivity contribution in [2.24, 2.45) is 7.05 Å². The van der Waals surface area contributed by atoms with Gasteiger partial charge in [-0.1, -0.05) is 30.3 Å². The molecule has 3 atom stereocenters. The number of nitrogens with zero attached hydrogens (tertiary/aromatic N) is 5. The van der Waals surface area contributed by atoms with Crippen LogP contribution in [-0.2, 0) is 36.0 Å². The number of carbonyl (C=O) groups is 1. The summed E-state index contributed by atoms with van der Waals surface area (Å²) in [4.78, 5) is 20.5. The van der Waals surface area contributed by atoms with Gasteiger partial charge in [-0.15, -0.1) is 5.10 Å². The second kappa shape index (κ2) is 12.2. The molecule has 0 radical (unpaired) electrons. The number of ether oxygens (including phenoxy) is 2. The van der Waals surface area contributed by atoms with Crippen LogP contribution in [-0.4, -0.2) is 50.1 Å². The largest absolute Gasteiger partial charge is 0.487 e. The second-order valence-corrected chi connectivity index (χ2v) is 13.2. The lowest BCUT2D eigenvalue weighted by Crippen LogP contribution is -2.34. The molecule has 0 spiro atoms. The molecular formula is C37H45N5O3. The van der Waals surface area contributed by atoms with Crippen LogP contribution < -0.4 is 4.74 Å². The van der Waals surface area contributed by atoms with E-state index in [0.717, 1.165) is 66.8 Å². The highest BCUT2D eigenvalue weighted by molar-refractivity contribution is 5.84. The predicted molar refractivity (Wildman–Crippen MR) is 175 cm³/mol. The quantitative estimate of drug-likeness (QED) is 0.192. The van der Waals surface area contributed by atoms with Gasteiger partial charge in [-0.3, -0.25) is 14.7 Å². The molecule has 45 heavy (non-hydrogen) atoms. The Labute approximate surface area is 266 Å². The number of rotatable bonds is 9. The van der Waals surface area contributed by atoms with Gasteiger partial charge in [-0.25, -0.2) is 4.68 Å². The van der Waals surface area contributed by atoms with Gasteiger partial charge in [0, 0.05) is 32.3 Å². The number of fused-ring (bicyclic) bond motifs is 3. The van der Waals surface area contributed by atoms with Crippen LogP contribution in [0.15, 0.2) is 36.5 Å². The first kappa shape index (κ1) is 29.9. The van der Waals surface area contributed by atoms with Crippen LogP contribution in [0.25, 0.3) is 11.0 Å². The Kier molecular flexibility index (Phi) is 8.11. The lowest BCUT2D eigenvalue weighted by atomic mass is 9.82. The summed E-state index contributed by atoms with van der Waals surface area (Å²) in [6.45, 7) is 10.5. The Morgan fingerprint density at radius 3 is 2.80 bits per heavy atom. The fraction of sp³-hybridized carbons (Fsp3) is 0.514. The van der Waals surface area contributed by atoms with Crippen molar-refractivity contribution in [3.05, 3.63) is 81.2 Å². The van der Waals surface area contributed by atoms with Crippen LogP contribution in [0.1, 0.15) is 115 Å². The molecule has 2 aromatic carbocycles. The van der Waals surface area contributed by atoms with E-state index in [1.54, 1.807) is 0 Å². The Balaban J connectivity index is 1.33. The molecule has 3 heterocycles. The molecule has 8 nitrogen and oxygen atoms in total. The van der Waals surface area contributed by atoms with Crippen LogP contribution in [0, 0.1) is 6.92 Å². The minimum atomic E-state index is -0.164. The zero-order chi connectivity index (χ0) is 31.2. The fourth-order valence-corrected chi connectivity index (χ4v) is 7.70. The van der Waals surface area contributed by atoms with E-state index in [4.69, 9.17) is 14.5 Å². The molecule has 7 rings (SSSR count). The number of hydrogen-bond donors (Lipinski definition) is 0. The third-order valence-corrected chi connectivity index (χ3v) is 10.3. The molecule has 1 aliphatic heterocycles. The van der Waals surface area contributed by atoms with Gasteiger partial charge in [-0.05, 0) is 116 Å². The number of aryl methyl sites for hydroxylation is 3. The van der Waals surface area contributed by atoms with Crippen molar-refractivity contribution in [3.8, 4) is 5.75 Å². The van der Waals surface area contributed by atoms with Crippen LogP contribution >= 0.6 is 0 Å². The van der Waals surface area contributed by atoms with Crippen LogP contribution in [0.4, 0.5) is 0 Å². The van der Waals surface area contributed by atoms with Gasteiger partial charge in [-0.2, -0.15) is 0 Å². The van der Waals surface area contributed by atoms with Gasteiger partial charge in [0.15, 0.2) is 0 Å². The highest BCUT2D eigenvalue weighted by Gasteiger charge is 2.33. The topological polar surface area (TPSA) is 82.4 Å². The van der Waals surface area contributed by atoms with E-state index < -0.39 is 0 Å². The lowest BCUT2D eigenvalue weighted by Gasteiger charge is -2.30. The monoisotopic (exact) mass is 607 g/mol. The van der Waals surface area contributed by atoms with E-state index in [-0.39, 0.29) is 24.0 Å². The highest BCUT2D eigenvalue weighted by Crippen LogP contribution is 2.46. The standard InChI is InChI=1S/C37H45N5O3/c1-6-28-21-42(23(4)36-33(45-28)12-9-15-38-36)20-27-17-26(16-25-10-8-11-29(25)27)31(19-34(43)44-7-2)30-18-32(24-13-14-24)37-35(22(30)3)39-40-41(37)5/h9,12,15-18,23-24,28,31H,6-8,10-11,13-14,19-21H2,1-5H3/t23-,28+,31-/m0/s1. The van der Waals surface area contributed by atoms with E-state index in [2.05, 4.69) is 60.2 Å². The summed E-state index contributed by atoms with van der Waals surface area (Å²) in [5.41, 5.74) is 12.1. The Hall–Kier alpha value is -3.78. The first-order valence-electron chi connectivity index (χ1n) is 16.8. The Morgan fingerprint density at radius 1 is 1.18 bits per heavy atom. The molecule has 2 aliphatic carbocycles. The van der Waals surface area contributed by atoms with Gasteiger partial charge >= 0.3 is 5.97 Å². The molecule has 1 saturated carbocycles. The molecule has 0 N–H and O–H groups in total. The molecule has 0 unspecified atom stereocenters. The highest BCUT2D eigenvalue weighted by atomic mass is 16.5. The Morgan fingerprint density at radius 2 is 2.02 bits per heavy atom. The molecule has 0 bridgehead atoms. The number of hydrogen-bond acceptors (Lipinski definition) is 7. The van der Waals surface area contributed by atoms with Gasteiger partial charge in [0.1, 0.15) is 17.4 Å². The number of esters is 1. The van der Waals surface area contributed by atoms with E-state index in [1.807, 2.05) is 30.9 Å². The van der Waals surface area contributed by atoms with Crippen molar-refractivity contribution >= 4 is 17.0 Å². The number of pyridine rings is 1. The second-order valence-electron chi connectivity index (χ2n) is 13.2. The maximum atomic E-state index is 13.2. The Bertz CT molecular complexity index is 1740. The smallest absolute Gasteiger partial charge is 0.306 e. The predicted octanol–water partition coefficient (Wildman–Crippen LogP) is 6.86. The summed E-state index contributed by atoms with van der Waals surface area (Å²) >= 11 is 0. The van der Waals surface area contributed by atoms with Crippen molar-refractivity contribution in [2.75, 3.05) is 13.2 Å². The van der Waals surface area contributed by atoms with Crippen molar-refractivity contribution in [1.82, 2.24) is 24.9 Å². The van der Waals surface area contributed by atoms with E-state index in [0.29, 0.717) is 18.9 Å². The molecule has 236 valence electrons. The SMILES string of the molecule is CCOC(=O)C[C@@H](c1cc2c(c(CN3C[C@@H](CC)Oc4cccnc4[C@@H]3C)c1)CCC2)c1cc(C2CC2)c2c(nnn2C)c1C. The van der Waals surface area contributed by atoms with Crippen molar-refractivity contribution in [2.45, 2.75) is 103 Å². The normalized spacial score (nSPS) is 20.4. The average molecular weight is 608 g/mol. The maximum Gasteiger partial charge on any atom is 0.306 e. The first-order valence-corrected chi connectivity index (χ1v) is 16.8. The summed E-state index contributed by atoms with van der Waals surface area (Å²) in [6.07, 6.45) is 8.89. The molecule has 8 heteroatoms. The van der Waals surface area contributed by atoms with Crippen LogP contribution in [0.3, 0.4) is 0 Å². The number of benzene rings is 2. The summed E-state index contributed by atoms with van der Waals surface area (Å²) < 4.78 is 13.9. The summed E-state index contributed by atoms with van der Waals surface area (Å²) in [5.74, 6) is 1.13. The molecule has 4 aromatic rings. The zero-order valence-electron chi connectivity index (χ0n) is 27.3. The molecule has 0 saturated heterocycles. The van der Waals surface area contributed by atoms with Crippen LogP contribution in [0.5, 0.6) is 5.75 Å². The fourth-order valence-electron chi connectivity index (χ4n) is 7.70. The molecule has 1 fully saturated rings. The summed E-state index contributed by atoms with van der Waals surface area (Å²) in [7, 11) is 1.98. The molecule has 3 aliphatic rings. The van der Waals surface area contributed by atoms with Crippen molar-refractivity contribution in [1.29, 1.82) is 0 Å². The van der Waals surface area contributed by atoms with Crippen molar-refractivity contribution in [3.63, 3.8) is 0 Å². The molecule has 2 aromatic heterocycles. The summed E-state index contributed by atoms with van der Waals surface area (Å²) in [5, 5.41) is 9.03. The third kappa shape index (κ3) is 5.62. The van der Waals surface area contributed by atoms with E-state index in [9.17, 15) is 4.79 Å². The van der Waals surface area contributed by atoms with E-state index in [1.165, 1.54) is 46.2 Å². The van der Waals surface area contributed by atoms with Gasteiger partial charge < -0.3 is 9.47 Å². The van der Waals surface area contributed by atoms with Gasteiger partial charge in [0.25, 0.3) is 0 Å². The minimum Gasteiger partial charge on any atom is -0.487 e. The van der Waals surface area contributed by atoms with Crippen molar-refractivity contribution < 1.29 is 14.3 Å². The average Bonchev–Trinajstić information content (AvgIpc) is 3.67. The van der Waals surface area contributed by atoms with Gasteiger partial charge in [0.2, 0.25) is 0 Å². The zero-order valence-corrected chi connectivity index (χ0v) is 27.3. The number of aromatic nitrogens is 4. The minimum absolute atomic E-state index is 0.105. The van der Waals surface area contributed by atoms with Crippen LogP contribution in [0.2, 0.25) is 0 Å². The molecular weight excluding hydrogens is 562 g/mol. The number of carbonyl (C=O) groups excluding carboxylic acids is 1. The molecule has 0 amide bonds. The van der Waals surface area contributed by atoms with Gasteiger partial charge in [0.05, 0.1) is 30.3 Å². The first-order chi connectivity index (χ1) is 21.9. The summed E-state index contributed by atoms with van der Waals surface area (Å²) in [6, 6.07) is 11.3. The van der Waals surface area contributed by atoms with E-state index >= 15 is 0 Å².